The molecule has 0 radical (unpaired) electrons. The number of rotatable bonds is 5. The molecule has 1 aromatic carbocycles. The summed E-state index contributed by atoms with van der Waals surface area (Å²) >= 11 is -0.0900. The van der Waals surface area contributed by atoms with E-state index in [9.17, 15) is 8.68 Å². The van der Waals surface area contributed by atoms with Gasteiger partial charge in [-0.05, 0) is 23.5 Å². The Morgan fingerprint density at radius 3 is 2.65 bits per heavy atom. The van der Waals surface area contributed by atoms with Crippen molar-refractivity contribution in [2.24, 2.45) is 5.73 Å². The Bertz CT molecular complexity index is 418. The van der Waals surface area contributed by atoms with Crippen molar-refractivity contribution in [3.63, 3.8) is 0 Å². The Kier molecular flexibility index (Phi) is 4.94. The molecule has 8 heteroatoms. The highest BCUT2D eigenvalue weighted by Crippen LogP contribution is 2.23. The van der Waals surface area contributed by atoms with Crippen LogP contribution in [0.2, 0.25) is 0 Å². The van der Waals surface area contributed by atoms with Gasteiger partial charge in [-0.1, -0.05) is 12.1 Å². The van der Waals surface area contributed by atoms with Crippen molar-refractivity contribution in [2.45, 2.75) is 17.4 Å². The number of carbonyl (C=O) groups is 1. The highest BCUT2D eigenvalue weighted by atomic mass is 32.2. The molecule has 0 aromatic heterocycles. The number of carboxylic acids is 1. The molecule has 1 rings (SSSR count). The minimum absolute atomic E-state index is 0.0244. The quantitative estimate of drug-likeness (QED) is 0.521. The van der Waals surface area contributed by atoms with E-state index < -0.39 is 19.1 Å². The topological polar surface area (TPSA) is 104 Å². The van der Waals surface area contributed by atoms with Crippen LogP contribution in [0, 0.1) is 0 Å². The van der Waals surface area contributed by atoms with E-state index in [1.165, 1.54) is 18.2 Å². The molecular weight excluding hydrogens is 248 g/mol. The van der Waals surface area contributed by atoms with Crippen molar-refractivity contribution >= 4 is 30.7 Å². The van der Waals surface area contributed by atoms with Gasteiger partial charge >= 0.3 is 13.1 Å². The van der Waals surface area contributed by atoms with E-state index in [-0.39, 0.29) is 28.9 Å². The van der Waals surface area contributed by atoms with Gasteiger partial charge in [0.2, 0.25) is 0 Å². The Morgan fingerprint density at radius 2 is 2.18 bits per heavy atom. The fourth-order valence-corrected chi connectivity index (χ4v) is 1.73. The maximum Gasteiger partial charge on any atom is 0.488 e. The molecule has 0 fully saturated rings. The van der Waals surface area contributed by atoms with E-state index in [0.29, 0.717) is 5.56 Å². The summed E-state index contributed by atoms with van der Waals surface area (Å²) in [4.78, 5) is 10.7. The lowest BCUT2D eigenvalue weighted by molar-refractivity contribution is -0.138. The van der Waals surface area contributed by atoms with E-state index >= 15 is 0 Å². The van der Waals surface area contributed by atoms with Gasteiger partial charge in [0.15, 0.2) is 0 Å². The van der Waals surface area contributed by atoms with Crippen molar-refractivity contribution in [1.82, 2.24) is 0 Å². The summed E-state index contributed by atoms with van der Waals surface area (Å²) in [5.74, 6) is -1.17. The van der Waals surface area contributed by atoms with Crippen LogP contribution < -0.4 is 11.2 Å². The summed E-state index contributed by atoms with van der Waals surface area (Å²) in [7, 11) is -1.69. The van der Waals surface area contributed by atoms with Crippen LogP contribution in [0.3, 0.4) is 0 Å². The SMILES string of the molecule is NC(Cc1ccc(B(O)O)cc1SF)C(=O)O. The van der Waals surface area contributed by atoms with Crippen molar-refractivity contribution in [2.75, 3.05) is 0 Å². The maximum absolute atomic E-state index is 12.6. The zero-order chi connectivity index (χ0) is 13.0. The van der Waals surface area contributed by atoms with E-state index in [2.05, 4.69) is 0 Å². The van der Waals surface area contributed by atoms with Gasteiger partial charge < -0.3 is 20.9 Å². The second-order valence-corrected chi connectivity index (χ2v) is 4.06. The predicted octanol–water partition coefficient (Wildman–Crippen LogP) is -0.703. The van der Waals surface area contributed by atoms with Crippen LogP contribution in [0.5, 0.6) is 0 Å². The van der Waals surface area contributed by atoms with Gasteiger partial charge in [0.05, 0.1) is 12.1 Å². The largest absolute Gasteiger partial charge is 0.488 e. The zero-order valence-electron chi connectivity index (χ0n) is 8.71. The van der Waals surface area contributed by atoms with Gasteiger partial charge in [0.25, 0.3) is 0 Å². The lowest BCUT2D eigenvalue weighted by atomic mass is 9.80. The minimum Gasteiger partial charge on any atom is -0.480 e. The van der Waals surface area contributed by atoms with Crippen LogP contribution in [-0.4, -0.2) is 34.3 Å². The molecule has 0 saturated heterocycles. The summed E-state index contributed by atoms with van der Waals surface area (Å²) in [6, 6.07) is 2.94. The number of carboxylic acid groups (broad SMARTS) is 1. The van der Waals surface area contributed by atoms with Crippen molar-refractivity contribution in [3.8, 4) is 0 Å². The molecule has 17 heavy (non-hydrogen) atoms. The lowest BCUT2D eigenvalue weighted by Gasteiger charge is -2.10. The minimum atomic E-state index is -1.69. The number of hydrogen-bond donors (Lipinski definition) is 4. The maximum atomic E-state index is 12.6. The molecule has 5 nitrogen and oxygen atoms in total. The summed E-state index contributed by atoms with van der Waals surface area (Å²) in [5.41, 5.74) is 5.89. The predicted molar refractivity (Wildman–Crippen MR) is 62.5 cm³/mol. The average molecular weight is 259 g/mol. The molecule has 1 aromatic rings. The second-order valence-electron chi connectivity index (χ2n) is 3.47. The summed E-state index contributed by atoms with van der Waals surface area (Å²) in [6.45, 7) is 0. The van der Waals surface area contributed by atoms with Gasteiger partial charge in [-0.25, -0.2) is 0 Å². The van der Waals surface area contributed by atoms with E-state index in [1.54, 1.807) is 0 Å². The molecular formula is C9H11BFNO4S. The normalized spacial score (nSPS) is 12.2. The van der Waals surface area contributed by atoms with Crippen LogP contribution in [0.1, 0.15) is 5.56 Å². The van der Waals surface area contributed by atoms with Gasteiger partial charge in [0.1, 0.15) is 6.04 Å². The molecule has 0 amide bonds. The molecule has 0 spiro atoms. The van der Waals surface area contributed by atoms with Crippen LogP contribution in [0.15, 0.2) is 23.1 Å². The molecule has 1 atom stereocenters. The Labute approximate surface area is 102 Å². The van der Waals surface area contributed by atoms with Crippen molar-refractivity contribution < 1.29 is 23.8 Å². The molecule has 5 N–H and O–H groups in total. The first-order valence-corrected chi connectivity index (χ1v) is 5.43. The number of halogens is 1. The fraction of sp³-hybridized carbons (Fsp3) is 0.222. The Morgan fingerprint density at radius 1 is 1.53 bits per heavy atom. The fourth-order valence-electron chi connectivity index (χ4n) is 1.30. The van der Waals surface area contributed by atoms with Gasteiger partial charge in [-0.2, -0.15) is 3.89 Å². The van der Waals surface area contributed by atoms with Gasteiger partial charge in [0, 0.05) is 4.90 Å². The first-order chi connectivity index (χ1) is 7.95. The average Bonchev–Trinajstić information content (AvgIpc) is 2.28. The first kappa shape index (κ1) is 14.0. The molecule has 0 bridgehead atoms. The molecule has 0 heterocycles. The zero-order valence-corrected chi connectivity index (χ0v) is 9.52. The van der Waals surface area contributed by atoms with Gasteiger partial charge in [-0.15, -0.1) is 0 Å². The van der Waals surface area contributed by atoms with Gasteiger partial charge in [-0.3, -0.25) is 4.79 Å². The third-order valence-electron chi connectivity index (χ3n) is 2.23. The van der Waals surface area contributed by atoms with Crippen molar-refractivity contribution in [3.05, 3.63) is 23.8 Å². The highest BCUT2D eigenvalue weighted by Gasteiger charge is 2.18. The molecule has 0 saturated carbocycles. The Hall–Kier alpha value is -1.09. The van der Waals surface area contributed by atoms with Crippen LogP contribution in [0.25, 0.3) is 0 Å². The van der Waals surface area contributed by atoms with Crippen LogP contribution in [-0.2, 0) is 11.2 Å². The summed E-state index contributed by atoms with van der Waals surface area (Å²) in [5, 5.41) is 26.5. The number of benzene rings is 1. The highest BCUT2D eigenvalue weighted by molar-refractivity contribution is 7.94. The monoisotopic (exact) mass is 259 g/mol. The van der Waals surface area contributed by atoms with E-state index in [1.807, 2.05) is 0 Å². The third-order valence-corrected chi connectivity index (χ3v) is 2.78. The third kappa shape index (κ3) is 3.70. The number of nitrogens with two attached hydrogens (primary N) is 1. The number of aliphatic carboxylic acids is 1. The standard InChI is InChI=1S/C9H11BFNO4S/c11-17-8-4-6(10(15)16)2-1-5(8)3-7(12)9(13)14/h1-2,4,7,15-16H,3,12H2,(H,13,14). The van der Waals surface area contributed by atoms with E-state index in [4.69, 9.17) is 20.9 Å². The number of hydrogen-bond acceptors (Lipinski definition) is 5. The smallest absolute Gasteiger partial charge is 0.480 e. The van der Waals surface area contributed by atoms with Crippen LogP contribution in [0.4, 0.5) is 3.89 Å². The summed E-state index contributed by atoms with van der Waals surface area (Å²) < 4.78 is 12.6. The molecule has 92 valence electrons. The van der Waals surface area contributed by atoms with Crippen molar-refractivity contribution in [1.29, 1.82) is 0 Å². The first-order valence-electron chi connectivity index (χ1n) is 4.71. The molecule has 1 unspecified atom stereocenters. The van der Waals surface area contributed by atoms with E-state index in [0.717, 1.165) is 0 Å². The Balaban J connectivity index is 2.96. The molecule has 0 aliphatic carbocycles. The van der Waals surface area contributed by atoms with Crippen LogP contribution >= 0.6 is 12.1 Å². The second kappa shape index (κ2) is 6.01. The molecule has 0 aliphatic rings. The lowest BCUT2D eigenvalue weighted by Crippen LogP contribution is -2.33. The summed E-state index contributed by atoms with van der Waals surface area (Å²) in [6.07, 6.45) is -0.0244. The molecule has 0 aliphatic heterocycles.